The molecule has 0 amide bonds. The molecule has 5 aromatic rings. The Kier molecular flexibility index (Phi) is 8.03. The van der Waals surface area contributed by atoms with E-state index in [1.165, 1.54) is 119 Å². The van der Waals surface area contributed by atoms with Crippen LogP contribution in [0.4, 0.5) is 0 Å². The van der Waals surface area contributed by atoms with Gasteiger partial charge in [-0.25, -0.2) is 0 Å². The van der Waals surface area contributed by atoms with Crippen LogP contribution < -0.4 is 0 Å². The highest BCUT2D eigenvalue weighted by molar-refractivity contribution is 6.15. The van der Waals surface area contributed by atoms with E-state index in [-0.39, 0.29) is 5.41 Å². The normalized spacial score (nSPS) is 13.6. The average molecular weight is 539 g/mol. The average Bonchev–Trinajstić information content (AvgIpc) is 3.26. The first-order chi connectivity index (χ1) is 20.1. The Bertz CT molecular complexity index is 1620. The minimum absolute atomic E-state index is 0.102. The van der Waals surface area contributed by atoms with Gasteiger partial charge in [0.15, 0.2) is 0 Å². The molecule has 0 unspecified atom stereocenters. The van der Waals surface area contributed by atoms with Crippen molar-refractivity contribution in [1.82, 2.24) is 0 Å². The second-order valence-corrected chi connectivity index (χ2v) is 12.6. The predicted molar refractivity (Wildman–Crippen MR) is 180 cm³/mol. The largest absolute Gasteiger partial charge is 0.0654 e. The maximum atomic E-state index is 2.62. The molecule has 0 bridgehead atoms. The van der Waals surface area contributed by atoms with Gasteiger partial charge in [0.2, 0.25) is 0 Å². The van der Waals surface area contributed by atoms with E-state index in [1.54, 1.807) is 11.1 Å². The van der Waals surface area contributed by atoms with Crippen molar-refractivity contribution >= 4 is 21.5 Å². The van der Waals surface area contributed by atoms with Crippen molar-refractivity contribution in [3.63, 3.8) is 0 Å². The van der Waals surface area contributed by atoms with Crippen molar-refractivity contribution < 1.29 is 0 Å². The summed E-state index contributed by atoms with van der Waals surface area (Å²) in [5.41, 5.74) is 11.7. The van der Waals surface area contributed by atoms with E-state index in [1.807, 2.05) is 0 Å². The van der Waals surface area contributed by atoms with Crippen molar-refractivity contribution in [2.75, 3.05) is 0 Å². The molecule has 0 spiro atoms. The van der Waals surface area contributed by atoms with Gasteiger partial charge in [0.05, 0.1) is 0 Å². The summed E-state index contributed by atoms with van der Waals surface area (Å²) in [6, 6.07) is 32.8. The molecule has 0 aliphatic heterocycles. The Balaban J connectivity index is 1.58. The van der Waals surface area contributed by atoms with Gasteiger partial charge in [0.1, 0.15) is 0 Å². The molecular weight excluding hydrogens is 492 g/mol. The summed E-state index contributed by atoms with van der Waals surface area (Å²) in [7, 11) is 0. The van der Waals surface area contributed by atoms with E-state index in [4.69, 9.17) is 0 Å². The summed E-state index contributed by atoms with van der Waals surface area (Å²) in [4.78, 5) is 0. The molecule has 1 aliphatic carbocycles. The van der Waals surface area contributed by atoms with Gasteiger partial charge in [-0.05, 0) is 93.2 Å². The maximum Gasteiger partial charge on any atom is 0.0215 e. The zero-order chi connectivity index (χ0) is 28.4. The van der Waals surface area contributed by atoms with Gasteiger partial charge in [0.25, 0.3) is 0 Å². The van der Waals surface area contributed by atoms with E-state index in [2.05, 4.69) is 113 Å². The standard InChI is InChI=1S/C41H46/c1-5-7-9-15-25-41(26-16-10-8-6-2)38-27-29(3)21-23-34(38)35-24-22-31(28-39(35)41)40-36-19-13-11-17-32(36)30(4)33-18-12-14-20-37(33)40/h11-14,17-24,27-28H,5-10,15-16,25-26H2,1-4H3. The Morgan fingerprint density at radius 2 is 1.02 bits per heavy atom. The molecule has 0 fully saturated rings. The fraction of sp³-hybridized carbons (Fsp3) is 0.366. The third kappa shape index (κ3) is 4.90. The molecule has 41 heavy (non-hydrogen) atoms. The van der Waals surface area contributed by atoms with Gasteiger partial charge < -0.3 is 0 Å². The number of benzene rings is 5. The van der Waals surface area contributed by atoms with E-state index >= 15 is 0 Å². The monoisotopic (exact) mass is 538 g/mol. The second-order valence-electron chi connectivity index (χ2n) is 12.6. The number of aryl methyl sites for hydroxylation is 2. The zero-order valence-corrected chi connectivity index (χ0v) is 25.7. The first kappa shape index (κ1) is 27.8. The van der Waals surface area contributed by atoms with Gasteiger partial charge in [-0.15, -0.1) is 0 Å². The Morgan fingerprint density at radius 1 is 0.512 bits per heavy atom. The molecule has 0 saturated carbocycles. The van der Waals surface area contributed by atoms with Crippen LogP contribution in [-0.4, -0.2) is 0 Å². The van der Waals surface area contributed by atoms with Crippen LogP contribution in [-0.2, 0) is 5.41 Å². The van der Waals surface area contributed by atoms with E-state index in [0.29, 0.717) is 0 Å². The van der Waals surface area contributed by atoms with Crippen molar-refractivity contribution in [3.05, 3.63) is 107 Å². The van der Waals surface area contributed by atoms with Crippen LogP contribution in [0, 0.1) is 13.8 Å². The van der Waals surface area contributed by atoms with Crippen LogP contribution in [0.2, 0.25) is 0 Å². The number of unbranched alkanes of at least 4 members (excludes halogenated alkanes) is 6. The third-order valence-corrected chi connectivity index (χ3v) is 9.92. The Labute approximate surface area is 247 Å². The second kappa shape index (κ2) is 11.8. The van der Waals surface area contributed by atoms with Crippen molar-refractivity contribution in [1.29, 1.82) is 0 Å². The molecule has 0 nitrogen and oxygen atoms in total. The summed E-state index contributed by atoms with van der Waals surface area (Å²) in [5, 5.41) is 5.47. The number of fused-ring (bicyclic) bond motifs is 5. The molecule has 0 atom stereocenters. The topological polar surface area (TPSA) is 0 Å². The fourth-order valence-electron chi connectivity index (χ4n) is 7.79. The lowest BCUT2D eigenvalue weighted by Crippen LogP contribution is -2.25. The highest BCUT2D eigenvalue weighted by Crippen LogP contribution is 2.55. The molecule has 0 heteroatoms. The van der Waals surface area contributed by atoms with Crippen LogP contribution in [0.15, 0.2) is 84.9 Å². The lowest BCUT2D eigenvalue weighted by atomic mass is 9.70. The molecule has 0 radical (unpaired) electrons. The van der Waals surface area contributed by atoms with Gasteiger partial charge in [-0.1, -0.05) is 150 Å². The summed E-state index contributed by atoms with van der Waals surface area (Å²) in [6.07, 6.45) is 13.0. The molecule has 5 aromatic carbocycles. The molecular formula is C41H46. The molecule has 1 aliphatic rings. The smallest absolute Gasteiger partial charge is 0.0215 e. The maximum absolute atomic E-state index is 2.62. The van der Waals surface area contributed by atoms with Crippen molar-refractivity contribution in [3.8, 4) is 22.3 Å². The molecule has 210 valence electrons. The Morgan fingerprint density at radius 3 is 1.59 bits per heavy atom. The fourth-order valence-corrected chi connectivity index (χ4v) is 7.79. The van der Waals surface area contributed by atoms with Gasteiger partial charge in [-0.3, -0.25) is 0 Å². The minimum atomic E-state index is 0.102. The van der Waals surface area contributed by atoms with Crippen LogP contribution in [0.25, 0.3) is 43.8 Å². The summed E-state index contributed by atoms with van der Waals surface area (Å²) < 4.78 is 0. The highest BCUT2D eigenvalue weighted by atomic mass is 14.4. The van der Waals surface area contributed by atoms with E-state index in [0.717, 1.165) is 0 Å². The molecule has 0 N–H and O–H groups in total. The first-order valence-corrected chi connectivity index (χ1v) is 16.3. The third-order valence-electron chi connectivity index (χ3n) is 9.92. The molecule has 0 heterocycles. The van der Waals surface area contributed by atoms with Crippen LogP contribution in [0.1, 0.15) is 100 Å². The number of rotatable bonds is 11. The molecule has 6 rings (SSSR count). The van der Waals surface area contributed by atoms with Crippen molar-refractivity contribution in [2.45, 2.75) is 97.3 Å². The van der Waals surface area contributed by atoms with Crippen LogP contribution >= 0.6 is 0 Å². The Hall–Kier alpha value is -3.38. The van der Waals surface area contributed by atoms with Crippen LogP contribution in [0.5, 0.6) is 0 Å². The molecule has 0 aromatic heterocycles. The lowest BCUT2D eigenvalue weighted by Gasteiger charge is -2.33. The zero-order valence-electron chi connectivity index (χ0n) is 25.7. The number of hydrogen-bond acceptors (Lipinski definition) is 0. The first-order valence-electron chi connectivity index (χ1n) is 16.3. The van der Waals surface area contributed by atoms with Gasteiger partial charge >= 0.3 is 0 Å². The summed E-state index contributed by atoms with van der Waals surface area (Å²) in [5.74, 6) is 0. The quantitative estimate of drug-likeness (QED) is 0.116. The summed E-state index contributed by atoms with van der Waals surface area (Å²) >= 11 is 0. The minimum Gasteiger partial charge on any atom is -0.0654 e. The van der Waals surface area contributed by atoms with E-state index in [9.17, 15) is 0 Å². The van der Waals surface area contributed by atoms with Gasteiger partial charge in [0, 0.05) is 5.41 Å². The SMILES string of the molecule is CCCCCCC1(CCCCCC)c2cc(C)ccc2-c2ccc(-c3c4ccccc4c(C)c4ccccc34)cc21. The lowest BCUT2D eigenvalue weighted by molar-refractivity contribution is 0.401. The van der Waals surface area contributed by atoms with Crippen molar-refractivity contribution in [2.24, 2.45) is 0 Å². The highest BCUT2D eigenvalue weighted by Gasteiger charge is 2.42. The number of hydrogen-bond donors (Lipinski definition) is 0. The van der Waals surface area contributed by atoms with E-state index < -0.39 is 0 Å². The molecule has 0 saturated heterocycles. The van der Waals surface area contributed by atoms with Gasteiger partial charge in [-0.2, -0.15) is 0 Å². The summed E-state index contributed by atoms with van der Waals surface area (Å²) in [6.45, 7) is 9.21. The predicted octanol–water partition coefficient (Wildman–Crippen LogP) is 12.5. The van der Waals surface area contributed by atoms with Crippen LogP contribution in [0.3, 0.4) is 0 Å².